The summed E-state index contributed by atoms with van der Waals surface area (Å²) < 4.78 is 5.18. The molecule has 2 aromatic carbocycles. The van der Waals surface area contributed by atoms with Crippen molar-refractivity contribution in [2.45, 2.75) is 6.92 Å². The molecule has 24 heavy (non-hydrogen) atoms. The molecule has 2 aromatic rings. The monoisotopic (exact) mass is 325 g/mol. The number of rotatable bonds is 3. The summed E-state index contributed by atoms with van der Waals surface area (Å²) in [6.45, 7) is 5.20. The first-order valence-electron chi connectivity index (χ1n) is 8.17. The van der Waals surface area contributed by atoms with Gasteiger partial charge in [-0.1, -0.05) is 23.8 Å². The fourth-order valence-corrected chi connectivity index (χ4v) is 2.83. The number of benzene rings is 2. The number of carbonyl (C=O) groups excluding carboxylic acids is 1. The maximum absolute atomic E-state index is 12.4. The predicted molar refractivity (Wildman–Crippen MR) is 97.0 cm³/mol. The number of nitrogens with one attached hydrogen (secondary N) is 1. The number of anilines is 2. The van der Waals surface area contributed by atoms with Crippen molar-refractivity contribution in [2.24, 2.45) is 0 Å². The van der Waals surface area contributed by atoms with Crippen LogP contribution in [0.4, 0.5) is 16.2 Å². The molecule has 0 aromatic heterocycles. The smallest absolute Gasteiger partial charge is 0.321 e. The summed E-state index contributed by atoms with van der Waals surface area (Å²) >= 11 is 0. The summed E-state index contributed by atoms with van der Waals surface area (Å²) in [6.07, 6.45) is 0. The molecule has 2 amide bonds. The molecule has 1 N–H and O–H groups in total. The second kappa shape index (κ2) is 7.25. The van der Waals surface area contributed by atoms with Crippen LogP contribution in [-0.4, -0.2) is 44.2 Å². The Morgan fingerprint density at radius 3 is 2.42 bits per heavy atom. The number of ether oxygens (including phenoxy) is 1. The zero-order valence-electron chi connectivity index (χ0n) is 14.2. The molecule has 5 nitrogen and oxygen atoms in total. The molecule has 0 atom stereocenters. The Kier molecular flexibility index (Phi) is 4.89. The first-order valence-corrected chi connectivity index (χ1v) is 8.17. The molecule has 126 valence electrons. The number of nitrogens with zero attached hydrogens (tertiary/aromatic N) is 2. The summed E-state index contributed by atoms with van der Waals surface area (Å²) in [5.41, 5.74) is 3.23. The molecule has 0 saturated carbocycles. The van der Waals surface area contributed by atoms with Crippen LogP contribution in [0.1, 0.15) is 5.56 Å². The van der Waals surface area contributed by atoms with E-state index in [4.69, 9.17) is 4.74 Å². The highest BCUT2D eigenvalue weighted by molar-refractivity contribution is 5.89. The molecule has 1 heterocycles. The van der Waals surface area contributed by atoms with Crippen LogP contribution in [0.5, 0.6) is 5.75 Å². The molecule has 1 aliphatic rings. The van der Waals surface area contributed by atoms with Gasteiger partial charge in [0.25, 0.3) is 0 Å². The van der Waals surface area contributed by atoms with Crippen molar-refractivity contribution in [3.05, 3.63) is 54.1 Å². The highest BCUT2D eigenvalue weighted by Gasteiger charge is 2.21. The van der Waals surface area contributed by atoms with Gasteiger partial charge in [0.15, 0.2) is 0 Å². The number of aryl methyl sites for hydroxylation is 1. The second-order valence-corrected chi connectivity index (χ2v) is 5.97. The average Bonchev–Trinajstić information content (AvgIpc) is 2.62. The van der Waals surface area contributed by atoms with E-state index < -0.39 is 0 Å². The van der Waals surface area contributed by atoms with E-state index in [2.05, 4.69) is 41.4 Å². The van der Waals surface area contributed by atoms with Crippen LogP contribution in [0.2, 0.25) is 0 Å². The highest BCUT2D eigenvalue weighted by Crippen LogP contribution is 2.19. The molecule has 1 aliphatic heterocycles. The van der Waals surface area contributed by atoms with E-state index >= 15 is 0 Å². The van der Waals surface area contributed by atoms with Crippen molar-refractivity contribution in [3.8, 4) is 5.75 Å². The fourth-order valence-electron chi connectivity index (χ4n) is 2.83. The third-order valence-corrected chi connectivity index (χ3v) is 4.29. The number of amides is 2. The molecule has 5 heteroatoms. The SMILES string of the molecule is COc1cccc(NC(=O)N2CCN(c3ccc(C)cc3)CC2)c1. The highest BCUT2D eigenvalue weighted by atomic mass is 16.5. The minimum Gasteiger partial charge on any atom is -0.497 e. The van der Waals surface area contributed by atoms with E-state index in [1.165, 1.54) is 11.3 Å². The van der Waals surface area contributed by atoms with Gasteiger partial charge in [0, 0.05) is 43.6 Å². The van der Waals surface area contributed by atoms with Crippen molar-refractivity contribution >= 4 is 17.4 Å². The van der Waals surface area contributed by atoms with Crippen molar-refractivity contribution < 1.29 is 9.53 Å². The van der Waals surface area contributed by atoms with Gasteiger partial charge >= 0.3 is 6.03 Å². The minimum atomic E-state index is -0.0631. The molecule has 0 unspecified atom stereocenters. The molecule has 3 rings (SSSR count). The molecule has 1 fully saturated rings. The average molecular weight is 325 g/mol. The largest absolute Gasteiger partial charge is 0.497 e. The van der Waals surface area contributed by atoms with Gasteiger partial charge in [0.05, 0.1) is 7.11 Å². The first-order chi connectivity index (χ1) is 11.7. The Morgan fingerprint density at radius 2 is 1.75 bits per heavy atom. The second-order valence-electron chi connectivity index (χ2n) is 5.97. The van der Waals surface area contributed by atoms with Crippen LogP contribution in [0.25, 0.3) is 0 Å². The Morgan fingerprint density at radius 1 is 1.04 bits per heavy atom. The van der Waals surface area contributed by atoms with Gasteiger partial charge in [-0.25, -0.2) is 4.79 Å². The third kappa shape index (κ3) is 3.79. The van der Waals surface area contributed by atoms with Crippen molar-refractivity contribution in [3.63, 3.8) is 0 Å². The van der Waals surface area contributed by atoms with Crippen LogP contribution in [-0.2, 0) is 0 Å². The van der Waals surface area contributed by atoms with Crippen LogP contribution in [0, 0.1) is 6.92 Å². The summed E-state index contributed by atoms with van der Waals surface area (Å²) in [5, 5.41) is 2.94. The normalized spacial score (nSPS) is 14.4. The summed E-state index contributed by atoms with van der Waals surface area (Å²) in [5.74, 6) is 0.733. The molecule has 0 aliphatic carbocycles. The minimum absolute atomic E-state index is 0.0631. The first kappa shape index (κ1) is 16.2. The number of carbonyl (C=O) groups is 1. The number of piperazine rings is 1. The van der Waals surface area contributed by atoms with Crippen LogP contribution < -0.4 is 15.0 Å². The molecule has 0 radical (unpaired) electrons. The Balaban J connectivity index is 1.55. The molecule has 1 saturated heterocycles. The Hall–Kier alpha value is -2.69. The van der Waals surface area contributed by atoms with Gasteiger partial charge in [-0.2, -0.15) is 0 Å². The van der Waals surface area contributed by atoms with E-state index in [-0.39, 0.29) is 6.03 Å². The van der Waals surface area contributed by atoms with Gasteiger partial charge in [-0.3, -0.25) is 0 Å². The number of methoxy groups -OCH3 is 1. The lowest BCUT2D eigenvalue weighted by atomic mass is 10.2. The molecule has 0 spiro atoms. The van der Waals surface area contributed by atoms with Crippen molar-refractivity contribution in [1.82, 2.24) is 4.90 Å². The quantitative estimate of drug-likeness (QED) is 0.941. The van der Waals surface area contributed by atoms with Gasteiger partial charge in [0.2, 0.25) is 0 Å². The lowest BCUT2D eigenvalue weighted by Crippen LogP contribution is -2.50. The van der Waals surface area contributed by atoms with Gasteiger partial charge in [0.1, 0.15) is 5.75 Å². The lowest BCUT2D eigenvalue weighted by Gasteiger charge is -2.36. The van der Waals surface area contributed by atoms with Crippen molar-refractivity contribution in [1.29, 1.82) is 0 Å². The standard InChI is InChI=1S/C19H23N3O2/c1-15-6-8-17(9-7-15)21-10-12-22(13-11-21)19(23)20-16-4-3-5-18(14-16)24-2/h3-9,14H,10-13H2,1-2H3,(H,20,23). The van der Waals surface area contributed by atoms with Crippen LogP contribution in [0.3, 0.4) is 0 Å². The van der Waals surface area contributed by atoms with Crippen LogP contribution in [0.15, 0.2) is 48.5 Å². The maximum atomic E-state index is 12.4. The number of hydrogen-bond donors (Lipinski definition) is 1. The summed E-state index contributed by atoms with van der Waals surface area (Å²) in [4.78, 5) is 16.6. The van der Waals surface area contributed by atoms with Gasteiger partial charge < -0.3 is 19.9 Å². The number of urea groups is 1. The van der Waals surface area contributed by atoms with E-state index in [0.717, 1.165) is 24.5 Å². The Bertz CT molecular complexity index is 692. The molecular formula is C19H23N3O2. The van der Waals surface area contributed by atoms with Crippen LogP contribution >= 0.6 is 0 Å². The van der Waals surface area contributed by atoms with E-state index in [1.54, 1.807) is 7.11 Å². The fraction of sp³-hybridized carbons (Fsp3) is 0.316. The molecular weight excluding hydrogens is 302 g/mol. The number of hydrogen-bond acceptors (Lipinski definition) is 3. The summed E-state index contributed by atoms with van der Waals surface area (Å²) in [7, 11) is 1.62. The van der Waals surface area contributed by atoms with Gasteiger partial charge in [-0.15, -0.1) is 0 Å². The third-order valence-electron chi connectivity index (χ3n) is 4.29. The summed E-state index contributed by atoms with van der Waals surface area (Å²) in [6, 6.07) is 15.9. The predicted octanol–water partition coefficient (Wildman–Crippen LogP) is 3.36. The topological polar surface area (TPSA) is 44.8 Å². The lowest BCUT2D eigenvalue weighted by molar-refractivity contribution is 0.208. The maximum Gasteiger partial charge on any atom is 0.321 e. The van der Waals surface area contributed by atoms with Gasteiger partial charge in [-0.05, 0) is 31.2 Å². The van der Waals surface area contributed by atoms with E-state index in [9.17, 15) is 4.79 Å². The Labute approximate surface area is 142 Å². The zero-order chi connectivity index (χ0) is 16.9. The van der Waals surface area contributed by atoms with Crippen molar-refractivity contribution in [2.75, 3.05) is 43.5 Å². The zero-order valence-corrected chi connectivity index (χ0v) is 14.2. The van der Waals surface area contributed by atoms with E-state index in [1.807, 2.05) is 29.2 Å². The van der Waals surface area contributed by atoms with E-state index in [0.29, 0.717) is 13.1 Å². The molecule has 0 bridgehead atoms.